The lowest BCUT2D eigenvalue weighted by atomic mass is 10.4. The van der Waals surface area contributed by atoms with Crippen LogP contribution in [0.3, 0.4) is 0 Å². The number of halogens is 1. The minimum absolute atomic E-state index is 0.250. The van der Waals surface area contributed by atoms with Crippen LogP contribution in [0.4, 0.5) is 4.39 Å². The smallest absolute Gasteiger partial charge is 0.255 e. The minimum atomic E-state index is -1.56. The van der Waals surface area contributed by atoms with Gasteiger partial charge in [0.2, 0.25) is 0 Å². The van der Waals surface area contributed by atoms with Crippen LogP contribution in [-0.4, -0.2) is 25.7 Å². The van der Waals surface area contributed by atoms with E-state index in [2.05, 4.69) is 5.32 Å². The Bertz CT molecular complexity index is 86.1. The van der Waals surface area contributed by atoms with Gasteiger partial charge in [-0.25, -0.2) is 4.39 Å². The maximum atomic E-state index is 12.0. The Morgan fingerprint density at radius 2 is 2.50 bits per heavy atom. The zero-order valence-corrected chi connectivity index (χ0v) is 4.65. The van der Waals surface area contributed by atoms with Crippen molar-refractivity contribution >= 4 is 5.91 Å². The van der Waals surface area contributed by atoms with Gasteiger partial charge in [-0.1, -0.05) is 0 Å². The third-order valence-electron chi connectivity index (χ3n) is 0.738. The molecule has 0 heterocycles. The average molecular weight is 120 g/mol. The molecule has 4 heteroatoms. The Hall–Kier alpha value is -0.640. The molecule has 0 aliphatic carbocycles. The Balaban J connectivity index is 3.46. The summed E-state index contributed by atoms with van der Waals surface area (Å²) in [6, 6.07) is 0. The van der Waals surface area contributed by atoms with Crippen LogP contribution < -0.4 is 11.1 Å². The van der Waals surface area contributed by atoms with Gasteiger partial charge >= 0.3 is 0 Å². The van der Waals surface area contributed by atoms with E-state index in [1.54, 1.807) is 0 Å². The van der Waals surface area contributed by atoms with Crippen molar-refractivity contribution in [1.29, 1.82) is 0 Å². The maximum absolute atomic E-state index is 12.0. The number of hydrogen-bond donors (Lipinski definition) is 2. The molecule has 3 N–H and O–H groups in total. The highest BCUT2D eigenvalue weighted by Crippen LogP contribution is 1.83. The van der Waals surface area contributed by atoms with Crippen LogP contribution in [0.5, 0.6) is 0 Å². The van der Waals surface area contributed by atoms with Crippen molar-refractivity contribution < 1.29 is 9.18 Å². The first kappa shape index (κ1) is 7.36. The van der Waals surface area contributed by atoms with E-state index >= 15 is 0 Å². The summed E-state index contributed by atoms with van der Waals surface area (Å²) in [5.74, 6) is -0.660. The van der Waals surface area contributed by atoms with E-state index in [9.17, 15) is 9.18 Å². The second-order valence-corrected chi connectivity index (χ2v) is 1.32. The Morgan fingerprint density at radius 3 is 2.62 bits per heavy atom. The fourth-order valence-corrected chi connectivity index (χ4v) is 0.264. The summed E-state index contributed by atoms with van der Waals surface area (Å²) in [7, 11) is 1.37. The molecule has 0 aliphatic heterocycles. The summed E-state index contributed by atoms with van der Waals surface area (Å²) in [6.45, 7) is -0.250. The van der Waals surface area contributed by atoms with Crippen molar-refractivity contribution in [3.63, 3.8) is 0 Å². The molecule has 0 rings (SSSR count). The van der Waals surface area contributed by atoms with Gasteiger partial charge < -0.3 is 11.1 Å². The summed E-state index contributed by atoms with van der Waals surface area (Å²) in [6.07, 6.45) is -1.56. The average Bonchev–Trinajstić information content (AvgIpc) is 1.84. The molecule has 48 valence electrons. The van der Waals surface area contributed by atoms with Gasteiger partial charge in [-0.3, -0.25) is 4.79 Å². The highest BCUT2D eigenvalue weighted by atomic mass is 19.1. The number of carbonyl (C=O) groups excluding carboxylic acids is 1. The molecular weight excluding hydrogens is 111 g/mol. The van der Waals surface area contributed by atoms with E-state index in [1.165, 1.54) is 7.05 Å². The first-order chi connectivity index (χ1) is 3.72. The van der Waals surface area contributed by atoms with Crippen molar-refractivity contribution in [3.8, 4) is 0 Å². The lowest BCUT2D eigenvalue weighted by Gasteiger charge is -2.00. The van der Waals surface area contributed by atoms with Gasteiger partial charge in [-0.2, -0.15) is 0 Å². The standard InChI is InChI=1S/C4H9FN2O/c1-7-4(8)3(5)2-6/h3H,2,6H2,1H3,(H,7,8). The first-order valence-electron chi connectivity index (χ1n) is 2.28. The number of hydrogen-bond acceptors (Lipinski definition) is 2. The molecule has 0 fully saturated rings. The minimum Gasteiger partial charge on any atom is -0.357 e. The highest BCUT2D eigenvalue weighted by molar-refractivity contribution is 5.80. The van der Waals surface area contributed by atoms with Crippen molar-refractivity contribution in [3.05, 3.63) is 0 Å². The fourth-order valence-electron chi connectivity index (χ4n) is 0.264. The molecule has 1 atom stereocenters. The third kappa shape index (κ3) is 1.88. The van der Waals surface area contributed by atoms with Gasteiger partial charge in [0.1, 0.15) is 0 Å². The quantitative estimate of drug-likeness (QED) is 0.492. The fraction of sp³-hybridized carbons (Fsp3) is 0.750. The molecule has 0 saturated carbocycles. The molecular formula is C4H9FN2O. The largest absolute Gasteiger partial charge is 0.357 e. The number of nitrogens with two attached hydrogens (primary N) is 1. The number of alkyl halides is 1. The molecule has 0 aromatic heterocycles. The Labute approximate surface area is 47.1 Å². The summed E-state index contributed by atoms with van der Waals surface area (Å²) >= 11 is 0. The number of rotatable bonds is 2. The lowest BCUT2D eigenvalue weighted by molar-refractivity contribution is -0.125. The molecule has 0 radical (unpaired) electrons. The van der Waals surface area contributed by atoms with E-state index < -0.39 is 12.1 Å². The predicted molar refractivity (Wildman–Crippen MR) is 28.0 cm³/mol. The SMILES string of the molecule is CNC(=O)C(F)CN. The van der Waals surface area contributed by atoms with Gasteiger partial charge in [0, 0.05) is 13.6 Å². The van der Waals surface area contributed by atoms with E-state index in [1.807, 2.05) is 0 Å². The molecule has 1 unspecified atom stereocenters. The van der Waals surface area contributed by atoms with Crippen LogP contribution in [-0.2, 0) is 4.79 Å². The van der Waals surface area contributed by atoms with Crippen LogP contribution in [0.25, 0.3) is 0 Å². The molecule has 0 bridgehead atoms. The molecule has 0 spiro atoms. The molecule has 8 heavy (non-hydrogen) atoms. The predicted octanol–water partition coefficient (Wildman–Crippen LogP) is -0.971. The van der Waals surface area contributed by atoms with Crippen LogP contribution >= 0.6 is 0 Å². The molecule has 0 saturated heterocycles. The molecule has 0 aromatic rings. The third-order valence-corrected chi connectivity index (χ3v) is 0.738. The number of nitrogens with one attached hydrogen (secondary N) is 1. The Kier molecular flexibility index (Phi) is 3.10. The van der Waals surface area contributed by atoms with E-state index in [0.29, 0.717) is 0 Å². The van der Waals surface area contributed by atoms with Crippen molar-refractivity contribution in [2.45, 2.75) is 6.17 Å². The second kappa shape index (κ2) is 3.37. The van der Waals surface area contributed by atoms with Gasteiger partial charge in [0.05, 0.1) is 0 Å². The zero-order chi connectivity index (χ0) is 6.57. The molecule has 1 amide bonds. The summed E-state index contributed by atoms with van der Waals surface area (Å²) in [5, 5.41) is 2.12. The van der Waals surface area contributed by atoms with Gasteiger partial charge in [-0.15, -0.1) is 0 Å². The topological polar surface area (TPSA) is 55.1 Å². The lowest BCUT2D eigenvalue weighted by Crippen LogP contribution is -2.33. The van der Waals surface area contributed by atoms with Crippen LogP contribution in [0.2, 0.25) is 0 Å². The summed E-state index contributed by atoms with van der Waals surface area (Å²) in [4.78, 5) is 10.2. The first-order valence-corrected chi connectivity index (χ1v) is 2.28. The molecule has 0 aromatic carbocycles. The van der Waals surface area contributed by atoms with Crippen molar-refractivity contribution in [1.82, 2.24) is 5.32 Å². The van der Waals surface area contributed by atoms with Gasteiger partial charge in [0.15, 0.2) is 6.17 Å². The maximum Gasteiger partial charge on any atom is 0.255 e. The summed E-state index contributed by atoms with van der Waals surface area (Å²) < 4.78 is 12.0. The van der Waals surface area contributed by atoms with Gasteiger partial charge in [0.25, 0.3) is 5.91 Å². The van der Waals surface area contributed by atoms with Crippen LogP contribution in [0, 0.1) is 0 Å². The second-order valence-electron chi connectivity index (χ2n) is 1.32. The number of amides is 1. The molecule has 0 aliphatic rings. The summed E-state index contributed by atoms with van der Waals surface area (Å²) in [5.41, 5.74) is 4.81. The van der Waals surface area contributed by atoms with Crippen LogP contribution in [0.15, 0.2) is 0 Å². The normalized spacial score (nSPS) is 12.9. The zero-order valence-electron chi connectivity index (χ0n) is 4.65. The van der Waals surface area contributed by atoms with Gasteiger partial charge in [-0.05, 0) is 0 Å². The van der Waals surface area contributed by atoms with E-state index in [0.717, 1.165) is 0 Å². The van der Waals surface area contributed by atoms with Crippen molar-refractivity contribution in [2.75, 3.05) is 13.6 Å². The Morgan fingerprint density at radius 1 is 2.00 bits per heavy atom. The van der Waals surface area contributed by atoms with E-state index in [4.69, 9.17) is 5.73 Å². The highest BCUT2D eigenvalue weighted by Gasteiger charge is 2.11. The van der Waals surface area contributed by atoms with E-state index in [-0.39, 0.29) is 6.54 Å². The monoisotopic (exact) mass is 120 g/mol. The van der Waals surface area contributed by atoms with Crippen molar-refractivity contribution in [2.24, 2.45) is 5.73 Å². The number of carbonyl (C=O) groups is 1. The van der Waals surface area contributed by atoms with Crippen LogP contribution in [0.1, 0.15) is 0 Å². The molecule has 3 nitrogen and oxygen atoms in total.